The molecule has 0 fully saturated rings. The Balaban J connectivity index is 2.13. The van der Waals surface area contributed by atoms with Gasteiger partial charge >= 0.3 is 5.97 Å². The highest BCUT2D eigenvalue weighted by molar-refractivity contribution is 9.10. The molecule has 0 atom stereocenters. The summed E-state index contributed by atoms with van der Waals surface area (Å²) in [6.45, 7) is 2.55. The molecule has 0 bridgehead atoms. The molecular formula is C16H15BrClNO2. The fourth-order valence-electron chi connectivity index (χ4n) is 1.98. The number of anilines is 1. The van der Waals surface area contributed by atoms with Crippen molar-refractivity contribution in [3.63, 3.8) is 0 Å². The maximum atomic E-state index is 11.5. The Morgan fingerprint density at radius 1 is 1.29 bits per heavy atom. The molecule has 0 saturated carbocycles. The lowest BCUT2D eigenvalue weighted by Crippen LogP contribution is -2.05. The van der Waals surface area contributed by atoms with Gasteiger partial charge in [-0.2, -0.15) is 0 Å². The zero-order valence-electron chi connectivity index (χ0n) is 11.7. The number of esters is 1. The summed E-state index contributed by atoms with van der Waals surface area (Å²) in [5, 5.41) is 4.04. The largest absolute Gasteiger partial charge is 0.465 e. The number of nitrogens with one attached hydrogen (secondary N) is 1. The average Bonchev–Trinajstić information content (AvgIpc) is 2.48. The second-order valence-corrected chi connectivity index (χ2v) is 5.93. The van der Waals surface area contributed by atoms with E-state index in [4.69, 9.17) is 16.3 Å². The van der Waals surface area contributed by atoms with E-state index in [-0.39, 0.29) is 5.97 Å². The van der Waals surface area contributed by atoms with Crippen LogP contribution in [0.3, 0.4) is 0 Å². The Morgan fingerprint density at radius 2 is 2.05 bits per heavy atom. The molecule has 0 saturated heterocycles. The molecule has 0 spiro atoms. The van der Waals surface area contributed by atoms with Gasteiger partial charge < -0.3 is 10.1 Å². The monoisotopic (exact) mass is 367 g/mol. The topological polar surface area (TPSA) is 38.3 Å². The van der Waals surface area contributed by atoms with Gasteiger partial charge in [-0.15, -0.1) is 0 Å². The minimum atomic E-state index is -0.334. The van der Waals surface area contributed by atoms with E-state index in [1.54, 1.807) is 12.1 Å². The van der Waals surface area contributed by atoms with Crippen molar-refractivity contribution in [2.24, 2.45) is 0 Å². The molecule has 5 heteroatoms. The van der Waals surface area contributed by atoms with Crippen molar-refractivity contribution in [1.82, 2.24) is 0 Å². The lowest BCUT2D eigenvalue weighted by Gasteiger charge is -2.12. The summed E-state index contributed by atoms with van der Waals surface area (Å²) in [5.41, 5.74) is 3.48. The lowest BCUT2D eigenvalue weighted by atomic mass is 10.1. The first-order valence-electron chi connectivity index (χ1n) is 6.38. The van der Waals surface area contributed by atoms with Crippen LogP contribution in [0.15, 0.2) is 40.9 Å². The molecular weight excluding hydrogens is 354 g/mol. The number of methoxy groups -OCH3 is 1. The number of ether oxygens (including phenoxy) is 1. The van der Waals surface area contributed by atoms with Crippen LogP contribution in [-0.2, 0) is 11.3 Å². The van der Waals surface area contributed by atoms with Gasteiger partial charge in [0.1, 0.15) is 0 Å². The number of halogens is 2. The van der Waals surface area contributed by atoms with Crippen LogP contribution in [-0.4, -0.2) is 13.1 Å². The summed E-state index contributed by atoms with van der Waals surface area (Å²) >= 11 is 9.60. The van der Waals surface area contributed by atoms with Crippen LogP contribution in [0.1, 0.15) is 21.5 Å². The predicted octanol–water partition coefficient (Wildman–Crippen LogP) is 4.81. The van der Waals surface area contributed by atoms with Gasteiger partial charge in [-0.1, -0.05) is 27.5 Å². The van der Waals surface area contributed by atoms with E-state index < -0.39 is 0 Å². The first kappa shape index (κ1) is 15.9. The minimum Gasteiger partial charge on any atom is -0.465 e. The van der Waals surface area contributed by atoms with Crippen molar-refractivity contribution in [3.8, 4) is 0 Å². The summed E-state index contributed by atoms with van der Waals surface area (Å²) < 4.78 is 5.69. The first-order chi connectivity index (χ1) is 10.0. The number of aryl methyl sites for hydroxylation is 1. The number of benzene rings is 2. The molecule has 0 aliphatic carbocycles. The Hall–Kier alpha value is -1.52. The Kier molecular flexibility index (Phi) is 5.26. The van der Waals surface area contributed by atoms with E-state index in [0.29, 0.717) is 12.1 Å². The van der Waals surface area contributed by atoms with Gasteiger partial charge in [-0.05, 0) is 54.4 Å². The van der Waals surface area contributed by atoms with Crippen LogP contribution < -0.4 is 5.32 Å². The van der Waals surface area contributed by atoms with Crippen molar-refractivity contribution in [2.45, 2.75) is 13.5 Å². The molecule has 3 nitrogen and oxygen atoms in total. The smallest absolute Gasteiger partial charge is 0.337 e. The Bertz CT molecular complexity index is 673. The molecule has 21 heavy (non-hydrogen) atoms. The van der Waals surface area contributed by atoms with Crippen LogP contribution in [0.5, 0.6) is 0 Å². The van der Waals surface area contributed by atoms with Crippen molar-refractivity contribution in [1.29, 1.82) is 0 Å². The van der Waals surface area contributed by atoms with E-state index in [9.17, 15) is 4.79 Å². The van der Waals surface area contributed by atoms with Crippen LogP contribution in [0, 0.1) is 6.92 Å². The van der Waals surface area contributed by atoms with Crippen molar-refractivity contribution >= 4 is 39.2 Å². The van der Waals surface area contributed by atoms with Gasteiger partial charge in [0.25, 0.3) is 0 Å². The second-order valence-electron chi connectivity index (χ2n) is 4.61. The molecule has 110 valence electrons. The third-order valence-electron chi connectivity index (χ3n) is 3.12. The number of carbonyl (C=O) groups is 1. The van der Waals surface area contributed by atoms with Gasteiger partial charge in [-0.3, -0.25) is 0 Å². The molecule has 0 radical (unpaired) electrons. The summed E-state index contributed by atoms with van der Waals surface area (Å²) in [4.78, 5) is 11.5. The first-order valence-corrected chi connectivity index (χ1v) is 7.55. The molecule has 0 heterocycles. The molecule has 0 amide bonds. The maximum Gasteiger partial charge on any atom is 0.337 e. The highest BCUT2D eigenvalue weighted by Crippen LogP contribution is 2.23. The highest BCUT2D eigenvalue weighted by Gasteiger charge is 2.08. The molecule has 2 aromatic carbocycles. The van der Waals surface area contributed by atoms with Gasteiger partial charge in [0, 0.05) is 21.7 Å². The quantitative estimate of drug-likeness (QED) is 0.787. The van der Waals surface area contributed by atoms with Gasteiger partial charge in [0.15, 0.2) is 0 Å². The van der Waals surface area contributed by atoms with Gasteiger partial charge in [0.2, 0.25) is 0 Å². The fraction of sp³-hybridized carbons (Fsp3) is 0.188. The molecule has 2 aromatic rings. The van der Waals surface area contributed by atoms with E-state index in [1.807, 2.05) is 31.2 Å². The summed E-state index contributed by atoms with van der Waals surface area (Å²) in [5.74, 6) is -0.334. The van der Waals surface area contributed by atoms with Crippen LogP contribution in [0.25, 0.3) is 0 Å². The normalized spacial score (nSPS) is 10.3. The summed E-state index contributed by atoms with van der Waals surface area (Å²) in [6, 6.07) is 11.2. The highest BCUT2D eigenvalue weighted by atomic mass is 79.9. The molecule has 0 unspecified atom stereocenters. The Morgan fingerprint density at radius 3 is 2.71 bits per heavy atom. The van der Waals surface area contributed by atoms with E-state index >= 15 is 0 Å². The molecule has 0 aromatic heterocycles. The Labute approximate surface area is 137 Å². The van der Waals surface area contributed by atoms with Gasteiger partial charge in [-0.25, -0.2) is 4.79 Å². The van der Waals surface area contributed by atoms with Crippen LogP contribution in [0.2, 0.25) is 5.02 Å². The lowest BCUT2D eigenvalue weighted by molar-refractivity contribution is 0.0600. The average molecular weight is 369 g/mol. The molecule has 2 rings (SSSR count). The molecule has 0 aliphatic heterocycles. The fourth-order valence-corrected chi connectivity index (χ4v) is 2.57. The third-order valence-corrected chi connectivity index (χ3v) is 3.99. The second kappa shape index (κ2) is 6.96. The van der Waals surface area contributed by atoms with E-state index in [2.05, 4.69) is 21.2 Å². The van der Waals surface area contributed by atoms with Crippen LogP contribution >= 0.6 is 27.5 Å². The predicted molar refractivity (Wildman–Crippen MR) is 89.0 cm³/mol. The standard InChI is InChI=1S/C16H15BrClNO2/c1-10-7-11(16(20)21-2)3-6-15(10)19-9-12-8-13(17)4-5-14(12)18/h3-8,19H,9H2,1-2H3. The van der Waals surface area contributed by atoms with E-state index in [0.717, 1.165) is 26.3 Å². The van der Waals surface area contributed by atoms with Crippen LogP contribution in [0.4, 0.5) is 5.69 Å². The zero-order valence-corrected chi connectivity index (χ0v) is 14.1. The number of hydrogen-bond acceptors (Lipinski definition) is 3. The van der Waals surface area contributed by atoms with Crippen molar-refractivity contribution in [2.75, 3.05) is 12.4 Å². The molecule has 0 aliphatic rings. The maximum absolute atomic E-state index is 11.5. The SMILES string of the molecule is COC(=O)c1ccc(NCc2cc(Br)ccc2Cl)c(C)c1. The zero-order chi connectivity index (χ0) is 15.4. The van der Waals surface area contributed by atoms with Crippen molar-refractivity contribution < 1.29 is 9.53 Å². The third kappa shape index (κ3) is 3.99. The summed E-state index contributed by atoms with van der Waals surface area (Å²) in [7, 11) is 1.37. The number of rotatable bonds is 4. The molecule has 1 N–H and O–H groups in total. The number of carbonyl (C=O) groups excluding carboxylic acids is 1. The number of hydrogen-bond donors (Lipinski definition) is 1. The summed E-state index contributed by atoms with van der Waals surface area (Å²) in [6.07, 6.45) is 0. The van der Waals surface area contributed by atoms with E-state index in [1.165, 1.54) is 7.11 Å². The van der Waals surface area contributed by atoms with Gasteiger partial charge in [0.05, 0.1) is 12.7 Å². The minimum absolute atomic E-state index is 0.334. The van der Waals surface area contributed by atoms with Crippen molar-refractivity contribution in [3.05, 3.63) is 62.6 Å².